The van der Waals surface area contributed by atoms with Crippen molar-refractivity contribution < 1.29 is 13.2 Å². The van der Waals surface area contributed by atoms with E-state index in [1.807, 2.05) is 25.2 Å². The average Bonchev–Trinajstić information content (AvgIpc) is 2.95. The van der Waals surface area contributed by atoms with Gasteiger partial charge in [0.15, 0.2) is 5.78 Å². The van der Waals surface area contributed by atoms with Gasteiger partial charge in [-0.1, -0.05) is 32.0 Å². The lowest BCUT2D eigenvalue weighted by Crippen LogP contribution is -2.22. The van der Waals surface area contributed by atoms with Crippen molar-refractivity contribution in [3.63, 3.8) is 0 Å². The van der Waals surface area contributed by atoms with E-state index in [4.69, 9.17) is 5.14 Å². The van der Waals surface area contributed by atoms with E-state index in [1.54, 1.807) is 6.07 Å². The maximum Gasteiger partial charge on any atom is 0.247 e. The summed E-state index contributed by atoms with van der Waals surface area (Å²) in [5.74, 6) is 0.372. The van der Waals surface area contributed by atoms with Crippen LogP contribution < -0.4 is 5.14 Å². The predicted molar refractivity (Wildman–Crippen MR) is 96.7 cm³/mol. The van der Waals surface area contributed by atoms with Crippen molar-refractivity contribution in [2.75, 3.05) is 13.6 Å². The molecule has 0 atom stereocenters. The van der Waals surface area contributed by atoms with Gasteiger partial charge in [0, 0.05) is 29.6 Å². The Bertz CT molecular complexity index is 826. The van der Waals surface area contributed by atoms with E-state index < -0.39 is 10.0 Å². The molecule has 2 N–H and O–H groups in total. The van der Waals surface area contributed by atoms with E-state index in [0.717, 1.165) is 30.0 Å². The summed E-state index contributed by atoms with van der Waals surface area (Å²) in [7, 11) is -1.73. The second-order valence-corrected chi connectivity index (χ2v) is 9.02. The molecule has 0 amide bonds. The normalized spacial score (nSPS) is 12.1. The van der Waals surface area contributed by atoms with Crippen LogP contribution in [-0.2, 0) is 16.6 Å². The van der Waals surface area contributed by atoms with Gasteiger partial charge >= 0.3 is 0 Å². The van der Waals surface area contributed by atoms with E-state index >= 15 is 0 Å². The second kappa shape index (κ2) is 7.57. The van der Waals surface area contributed by atoms with Gasteiger partial charge in [-0.05, 0) is 30.7 Å². The Morgan fingerprint density at radius 1 is 1.25 bits per heavy atom. The Hall–Kier alpha value is -1.54. The van der Waals surface area contributed by atoms with Crippen LogP contribution in [0, 0.1) is 5.92 Å². The first-order valence-electron chi connectivity index (χ1n) is 7.60. The molecule has 24 heavy (non-hydrogen) atoms. The minimum absolute atomic E-state index is 0.00123. The number of carbonyl (C=O) groups is 1. The van der Waals surface area contributed by atoms with Gasteiger partial charge in [-0.15, -0.1) is 11.3 Å². The third kappa shape index (κ3) is 4.98. The van der Waals surface area contributed by atoms with Crippen molar-refractivity contribution in [1.82, 2.24) is 4.90 Å². The standard InChI is InChI=1S/C17H22N2O3S2/c1-12(2)9-19(3)10-13-5-4-6-14(7-13)17(20)15-8-16(23-11-15)24(18,21)22/h4-8,11-12H,9-10H2,1-3H3,(H2,18,21,22). The summed E-state index contributed by atoms with van der Waals surface area (Å²) in [6.07, 6.45) is 0. The van der Waals surface area contributed by atoms with Crippen LogP contribution in [0.3, 0.4) is 0 Å². The molecule has 0 aliphatic carbocycles. The highest BCUT2D eigenvalue weighted by Crippen LogP contribution is 2.22. The molecular weight excluding hydrogens is 344 g/mol. The van der Waals surface area contributed by atoms with Gasteiger partial charge in [-0.3, -0.25) is 4.79 Å². The Kier molecular flexibility index (Phi) is 5.92. The fourth-order valence-corrected chi connectivity index (χ4v) is 4.15. The van der Waals surface area contributed by atoms with Crippen LogP contribution in [-0.4, -0.2) is 32.7 Å². The molecule has 0 aliphatic rings. The summed E-state index contributed by atoms with van der Waals surface area (Å²) in [5.41, 5.74) is 1.94. The highest BCUT2D eigenvalue weighted by molar-refractivity contribution is 7.91. The maximum atomic E-state index is 12.6. The zero-order valence-corrected chi connectivity index (χ0v) is 15.7. The first kappa shape index (κ1) is 18.8. The number of carbonyl (C=O) groups excluding carboxylic acids is 1. The number of hydrogen-bond acceptors (Lipinski definition) is 5. The van der Waals surface area contributed by atoms with Crippen LogP contribution in [0.4, 0.5) is 0 Å². The number of nitrogens with two attached hydrogens (primary N) is 1. The molecular formula is C17H22N2O3S2. The monoisotopic (exact) mass is 366 g/mol. The molecule has 1 heterocycles. The second-order valence-electron chi connectivity index (χ2n) is 6.32. The van der Waals surface area contributed by atoms with Crippen molar-refractivity contribution in [3.05, 3.63) is 52.4 Å². The fraction of sp³-hybridized carbons (Fsp3) is 0.353. The number of thiophene rings is 1. The lowest BCUT2D eigenvalue weighted by molar-refractivity contribution is 0.103. The topological polar surface area (TPSA) is 80.5 Å². The smallest absolute Gasteiger partial charge is 0.247 e. The molecule has 1 aromatic carbocycles. The predicted octanol–water partition coefficient (Wildman–Crippen LogP) is 2.71. The summed E-state index contributed by atoms with van der Waals surface area (Å²) >= 11 is 0.959. The molecule has 0 saturated heterocycles. The minimum Gasteiger partial charge on any atom is -0.302 e. The highest BCUT2D eigenvalue weighted by Gasteiger charge is 2.17. The third-order valence-electron chi connectivity index (χ3n) is 3.44. The molecule has 2 aromatic rings. The number of hydrogen-bond donors (Lipinski definition) is 1. The molecule has 1 aromatic heterocycles. The van der Waals surface area contributed by atoms with E-state index in [-0.39, 0.29) is 9.99 Å². The van der Waals surface area contributed by atoms with Crippen molar-refractivity contribution in [2.45, 2.75) is 24.6 Å². The first-order chi connectivity index (χ1) is 11.2. The Morgan fingerprint density at radius 3 is 2.54 bits per heavy atom. The number of benzene rings is 1. The number of nitrogens with zero attached hydrogens (tertiary/aromatic N) is 1. The van der Waals surface area contributed by atoms with Crippen LogP contribution >= 0.6 is 11.3 Å². The largest absolute Gasteiger partial charge is 0.302 e. The molecule has 0 saturated carbocycles. The van der Waals surface area contributed by atoms with E-state index in [1.165, 1.54) is 11.4 Å². The van der Waals surface area contributed by atoms with Crippen molar-refractivity contribution >= 4 is 27.1 Å². The number of rotatable bonds is 7. The maximum absolute atomic E-state index is 12.6. The van der Waals surface area contributed by atoms with Gasteiger partial charge in [-0.2, -0.15) is 0 Å². The van der Waals surface area contributed by atoms with Crippen molar-refractivity contribution in [1.29, 1.82) is 0 Å². The van der Waals surface area contributed by atoms with Crippen LogP contribution in [0.5, 0.6) is 0 Å². The molecule has 0 spiro atoms. The van der Waals surface area contributed by atoms with Gasteiger partial charge in [0.25, 0.3) is 0 Å². The molecule has 7 heteroatoms. The van der Waals surface area contributed by atoms with Gasteiger partial charge in [0.2, 0.25) is 10.0 Å². The zero-order chi connectivity index (χ0) is 17.9. The van der Waals surface area contributed by atoms with Crippen molar-refractivity contribution in [3.8, 4) is 0 Å². The van der Waals surface area contributed by atoms with E-state index in [9.17, 15) is 13.2 Å². The lowest BCUT2D eigenvalue weighted by atomic mass is 10.0. The number of sulfonamides is 1. The van der Waals surface area contributed by atoms with Crippen molar-refractivity contribution in [2.24, 2.45) is 11.1 Å². The fourth-order valence-electron chi connectivity index (χ4n) is 2.56. The molecule has 0 aliphatic heterocycles. The summed E-state index contributed by atoms with van der Waals surface area (Å²) in [5, 5.41) is 6.62. The number of primary sulfonamides is 1. The average molecular weight is 367 g/mol. The highest BCUT2D eigenvalue weighted by atomic mass is 32.2. The zero-order valence-electron chi connectivity index (χ0n) is 14.0. The van der Waals surface area contributed by atoms with Gasteiger partial charge in [0.05, 0.1) is 0 Å². The molecule has 0 radical (unpaired) electrons. The summed E-state index contributed by atoms with van der Waals surface area (Å²) in [4.78, 5) is 14.8. The van der Waals surface area contributed by atoms with E-state index in [2.05, 4.69) is 18.7 Å². The molecule has 130 valence electrons. The SMILES string of the molecule is CC(C)CN(C)Cc1cccc(C(=O)c2csc(S(N)(=O)=O)c2)c1. The van der Waals surface area contributed by atoms with Crippen LogP contribution in [0.1, 0.15) is 35.3 Å². The molecule has 5 nitrogen and oxygen atoms in total. The van der Waals surface area contributed by atoms with Crippen LogP contribution in [0.2, 0.25) is 0 Å². The quantitative estimate of drug-likeness (QED) is 0.764. The summed E-state index contributed by atoms with van der Waals surface area (Å²) < 4.78 is 22.7. The Morgan fingerprint density at radius 2 is 1.96 bits per heavy atom. The molecule has 0 fully saturated rings. The van der Waals surface area contributed by atoms with E-state index in [0.29, 0.717) is 17.0 Å². The Labute approximate surface area is 147 Å². The van der Waals surface area contributed by atoms with Gasteiger partial charge in [0.1, 0.15) is 4.21 Å². The van der Waals surface area contributed by atoms with Gasteiger partial charge < -0.3 is 4.90 Å². The lowest BCUT2D eigenvalue weighted by Gasteiger charge is -2.19. The molecule has 0 bridgehead atoms. The minimum atomic E-state index is -3.77. The number of ketones is 1. The van der Waals surface area contributed by atoms with Crippen LogP contribution in [0.15, 0.2) is 39.9 Å². The molecule has 0 unspecified atom stereocenters. The molecule has 2 rings (SSSR count). The third-order valence-corrected chi connectivity index (χ3v) is 5.82. The van der Waals surface area contributed by atoms with Crippen LogP contribution in [0.25, 0.3) is 0 Å². The van der Waals surface area contributed by atoms with Gasteiger partial charge in [-0.25, -0.2) is 13.6 Å². The Balaban J connectivity index is 2.18. The summed E-state index contributed by atoms with van der Waals surface area (Å²) in [6.45, 7) is 6.05. The first-order valence-corrected chi connectivity index (χ1v) is 10.0. The summed E-state index contributed by atoms with van der Waals surface area (Å²) in [6, 6.07) is 8.76.